The Morgan fingerprint density at radius 3 is 2.41 bits per heavy atom. The average Bonchev–Trinajstić information content (AvgIpc) is 3.39. The monoisotopic (exact) mass is 400 g/mol. The second-order valence-electron chi connectivity index (χ2n) is 7.95. The number of nitrogens with zero attached hydrogens (tertiary/aromatic N) is 2. The van der Waals surface area contributed by atoms with Gasteiger partial charge in [-0.1, -0.05) is 12.1 Å². The Hall–Kier alpha value is -3.10. The first-order valence-electron chi connectivity index (χ1n) is 9.60. The molecular formula is C20H20N2O7. The van der Waals surface area contributed by atoms with Crippen LogP contribution < -0.4 is 0 Å². The van der Waals surface area contributed by atoms with Crippen molar-refractivity contribution in [1.29, 1.82) is 0 Å². The highest BCUT2D eigenvalue weighted by atomic mass is 16.6. The molecule has 2 aliphatic carbocycles. The third-order valence-electron chi connectivity index (χ3n) is 6.41. The molecule has 0 aromatic heterocycles. The topological polar surface area (TPSA) is 124 Å². The minimum atomic E-state index is -1.11. The Morgan fingerprint density at radius 1 is 1.21 bits per heavy atom. The molecule has 9 heteroatoms. The molecule has 4 rings (SSSR count). The third-order valence-corrected chi connectivity index (χ3v) is 6.41. The number of non-ortho nitro benzene ring substituents is 1. The van der Waals surface area contributed by atoms with E-state index in [1.54, 1.807) is 0 Å². The lowest BCUT2D eigenvalue weighted by Crippen LogP contribution is -2.45. The second kappa shape index (κ2) is 7.06. The van der Waals surface area contributed by atoms with Gasteiger partial charge in [0.05, 0.1) is 16.8 Å². The summed E-state index contributed by atoms with van der Waals surface area (Å²) in [4.78, 5) is 61.3. The molecule has 2 bridgehead atoms. The van der Waals surface area contributed by atoms with Crippen LogP contribution >= 0.6 is 0 Å². The van der Waals surface area contributed by atoms with Crippen molar-refractivity contribution in [2.45, 2.75) is 32.2 Å². The summed E-state index contributed by atoms with van der Waals surface area (Å²) in [6, 6.07) is 3.99. The van der Waals surface area contributed by atoms with Crippen molar-refractivity contribution >= 4 is 29.3 Å². The second-order valence-corrected chi connectivity index (χ2v) is 7.95. The number of fused-ring (bicyclic) bond motifs is 5. The number of esters is 1. The van der Waals surface area contributed by atoms with Crippen LogP contribution in [0, 0.1) is 33.8 Å². The predicted molar refractivity (Wildman–Crippen MR) is 97.5 cm³/mol. The van der Waals surface area contributed by atoms with Crippen LogP contribution in [0.3, 0.4) is 0 Å². The molecular weight excluding hydrogens is 380 g/mol. The van der Waals surface area contributed by atoms with Gasteiger partial charge in [0.15, 0.2) is 6.61 Å². The van der Waals surface area contributed by atoms with Crippen molar-refractivity contribution in [1.82, 2.24) is 4.90 Å². The average molecular weight is 400 g/mol. The molecule has 1 saturated heterocycles. The van der Waals surface area contributed by atoms with Crippen LogP contribution in [-0.4, -0.2) is 46.0 Å². The van der Waals surface area contributed by atoms with Gasteiger partial charge in [-0.25, -0.2) is 4.79 Å². The highest BCUT2D eigenvalue weighted by Gasteiger charge is 2.62. The Morgan fingerprint density at radius 2 is 1.83 bits per heavy atom. The van der Waals surface area contributed by atoms with Gasteiger partial charge in [-0.2, -0.15) is 0 Å². The molecule has 2 saturated carbocycles. The third kappa shape index (κ3) is 3.10. The van der Waals surface area contributed by atoms with Gasteiger partial charge in [0.1, 0.15) is 6.04 Å². The molecule has 1 aromatic carbocycles. The molecule has 5 atom stereocenters. The fraction of sp³-hybridized carbons (Fsp3) is 0.500. The number of ketones is 1. The van der Waals surface area contributed by atoms with Crippen molar-refractivity contribution in [3.8, 4) is 0 Å². The quantitative estimate of drug-likeness (QED) is 0.234. The Balaban J connectivity index is 1.39. The first-order valence-corrected chi connectivity index (χ1v) is 9.60. The maximum absolute atomic E-state index is 12.8. The minimum Gasteiger partial charge on any atom is -0.456 e. The molecule has 0 spiro atoms. The molecule has 152 valence electrons. The van der Waals surface area contributed by atoms with Crippen molar-refractivity contribution in [3.05, 3.63) is 39.9 Å². The summed E-state index contributed by atoms with van der Waals surface area (Å²) >= 11 is 0. The van der Waals surface area contributed by atoms with E-state index in [-0.39, 0.29) is 46.7 Å². The summed E-state index contributed by atoms with van der Waals surface area (Å²) in [5, 5.41) is 10.8. The van der Waals surface area contributed by atoms with Gasteiger partial charge < -0.3 is 4.74 Å². The summed E-state index contributed by atoms with van der Waals surface area (Å²) in [5.74, 6) is -2.33. The van der Waals surface area contributed by atoms with Crippen molar-refractivity contribution < 1.29 is 28.8 Å². The van der Waals surface area contributed by atoms with Crippen molar-refractivity contribution in [2.24, 2.45) is 23.7 Å². The van der Waals surface area contributed by atoms with Crippen LogP contribution in [0.1, 0.15) is 36.5 Å². The van der Waals surface area contributed by atoms with Crippen LogP contribution in [0.25, 0.3) is 0 Å². The molecule has 0 N–H and O–H groups in total. The SMILES string of the molecule is C[C@H](C(=O)OCC(=O)c1cccc([N+](=O)[O-])c1)N1C(=O)[C@@H]2[C@H]3CC[C@@H](C3)[C@H]2C1=O. The standard InChI is InChI=1S/C20H20N2O7/c1-10(21-18(24)16-12-5-6-13(7-12)17(16)19(21)25)20(26)29-9-15(23)11-3-2-4-14(8-11)22(27)28/h2-4,8,10,12-13,16-17H,5-7,9H2,1H3/t10-,12+,13+,16-,17-/m1/s1. The molecule has 3 fully saturated rings. The molecule has 0 radical (unpaired) electrons. The van der Waals surface area contributed by atoms with E-state index in [4.69, 9.17) is 4.74 Å². The van der Waals surface area contributed by atoms with Gasteiger partial charge in [-0.3, -0.25) is 29.4 Å². The predicted octanol–water partition coefficient (Wildman–Crippen LogP) is 1.74. The van der Waals surface area contributed by atoms with E-state index in [2.05, 4.69) is 0 Å². The maximum Gasteiger partial charge on any atom is 0.329 e. The lowest BCUT2D eigenvalue weighted by atomic mass is 9.81. The van der Waals surface area contributed by atoms with E-state index in [9.17, 15) is 29.3 Å². The summed E-state index contributed by atoms with van der Waals surface area (Å²) in [5.41, 5.74) is -0.205. The van der Waals surface area contributed by atoms with Crippen molar-refractivity contribution in [3.63, 3.8) is 0 Å². The number of ether oxygens (including phenoxy) is 1. The number of benzene rings is 1. The molecule has 2 amide bonds. The van der Waals surface area contributed by atoms with E-state index in [1.807, 2.05) is 0 Å². The zero-order chi connectivity index (χ0) is 20.9. The molecule has 0 unspecified atom stereocenters. The number of amides is 2. The number of hydrogen-bond donors (Lipinski definition) is 0. The van der Waals surface area contributed by atoms with Gasteiger partial charge in [-0.05, 0) is 38.0 Å². The Kier molecular flexibility index (Phi) is 4.68. The first kappa shape index (κ1) is 19.2. The van der Waals surface area contributed by atoms with Gasteiger partial charge >= 0.3 is 5.97 Å². The summed E-state index contributed by atoms with van der Waals surface area (Å²) in [7, 11) is 0. The number of carbonyl (C=O) groups is 4. The van der Waals surface area contributed by atoms with Gasteiger partial charge in [0, 0.05) is 17.7 Å². The van der Waals surface area contributed by atoms with E-state index < -0.39 is 29.3 Å². The van der Waals surface area contributed by atoms with Crippen LogP contribution in [0.2, 0.25) is 0 Å². The van der Waals surface area contributed by atoms with E-state index in [0.717, 1.165) is 30.2 Å². The summed E-state index contributed by atoms with van der Waals surface area (Å²) < 4.78 is 5.02. The van der Waals surface area contributed by atoms with Crippen LogP contribution in [-0.2, 0) is 19.1 Å². The Bertz CT molecular complexity index is 899. The molecule has 1 heterocycles. The van der Waals surface area contributed by atoms with Gasteiger partial charge in [0.2, 0.25) is 17.6 Å². The normalized spacial score (nSPS) is 28.4. The lowest BCUT2D eigenvalue weighted by molar-refractivity contribution is -0.384. The fourth-order valence-corrected chi connectivity index (χ4v) is 5.05. The van der Waals surface area contributed by atoms with Crippen molar-refractivity contribution in [2.75, 3.05) is 6.61 Å². The smallest absolute Gasteiger partial charge is 0.329 e. The Labute approximate surface area is 166 Å². The minimum absolute atomic E-state index is 0.0408. The zero-order valence-corrected chi connectivity index (χ0v) is 15.8. The zero-order valence-electron chi connectivity index (χ0n) is 15.8. The maximum atomic E-state index is 12.8. The number of likely N-dealkylation sites (tertiary alicyclic amines) is 1. The van der Waals surface area contributed by atoms with Crippen LogP contribution in [0.15, 0.2) is 24.3 Å². The number of rotatable bonds is 6. The number of imide groups is 1. The van der Waals surface area contributed by atoms with Gasteiger partial charge in [-0.15, -0.1) is 0 Å². The number of nitro benzene ring substituents is 1. The van der Waals surface area contributed by atoms with E-state index in [0.29, 0.717) is 0 Å². The molecule has 3 aliphatic rings. The first-order chi connectivity index (χ1) is 13.8. The number of nitro groups is 1. The molecule has 9 nitrogen and oxygen atoms in total. The summed E-state index contributed by atoms with van der Waals surface area (Å²) in [6.07, 6.45) is 2.78. The number of hydrogen-bond acceptors (Lipinski definition) is 7. The highest BCUT2D eigenvalue weighted by Crippen LogP contribution is 2.56. The molecule has 1 aliphatic heterocycles. The summed E-state index contributed by atoms with van der Waals surface area (Å²) in [6.45, 7) is 0.789. The number of Topliss-reactive ketones (excluding diaryl/α,β-unsaturated/α-hetero) is 1. The van der Waals surface area contributed by atoms with Gasteiger partial charge in [0.25, 0.3) is 5.69 Å². The van der Waals surface area contributed by atoms with Crippen LogP contribution in [0.5, 0.6) is 0 Å². The molecule has 29 heavy (non-hydrogen) atoms. The van der Waals surface area contributed by atoms with E-state index >= 15 is 0 Å². The molecule has 1 aromatic rings. The number of carbonyl (C=O) groups excluding carboxylic acids is 4. The largest absolute Gasteiger partial charge is 0.456 e. The highest BCUT2D eigenvalue weighted by molar-refractivity contribution is 6.08. The fourth-order valence-electron chi connectivity index (χ4n) is 5.05. The lowest BCUT2D eigenvalue weighted by Gasteiger charge is -2.22. The van der Waals surface area contributed by atoms with E-state index in [1.165, 1.54) is 25.1 Å². The van der Waals surface area contributed by atoms with Crippen LogP contribution in [0.4, 0.5) is 5.69 Å².